The highest BCUT2D eigenvalue weighted by molar-refractivity contribution is 5.29. The minimum Gasteiger partial charge on any atom is -0.353 e. The molecule has 3 heteroatoms. The van der Waals surface area contributed by atoms with Gasteiger partial charge in [0.15, 0.2) is 0 Å². The Morgan fingerprint density at radius 3 is 2.93 bits per heavy atom. The number of aromatic nitrogens is 2. The maximum atomic E-state index is 4.40. The van der Waals surface area contributed by atoms with Crippen LogP contribution in [0.25, 0.3) is 0 Å². The third-order valence-corrected chi connectivity index (χ3v) is 3.37. The van der Waals surface area contributed by atoms with Crippen LogP contribution in [0.5, 0.6) is 0 Å². The molecule has 2 aliphatic rings. The highest BCUT2D eigenvalue weighted by Gasteiger charge is 2.27. The molecule has 2 fully saturated rings. The van der Waals surface area contributed by atoms with Crippen molar-refractivity contribution in [2.24, 2.45) is 5.92 Å². The number of nitrogens with one attached hydrogen (secondary N) is 1. The molecule has 1 N–H and O–H groups in total. The molecule has 1 atom stereocenters. The van der Waals surface area contributed by atoms with Crippen LogP contribution < -0.4 is 5.32 Å². The summed E-state index contributed by atoms with van der Waals surface area (Å²) in [7, 11) is 0. The molecule has 2 aliphatic carbocycles. The predicted molar refractivity (Wildman–Crippen MR) is 60.9 cm³/mol. The van der Waals surface area contributed by atoms with Gasteiger partial charge in [-0.25, -0.2) is 4.98 Å². The standard InChI is InChI=1S/C12H19N3/c1-9(8-10-2-3-10)14-12-13-6-7-15(12)11-4-5-11/h6-7,9-11H,2-5,8H2,1H3,(H,13,14). The minimum atomic E-state index is 0.567. The fraction of sp³-hybridized carbons (Fsp3) is 0.750. The second kappa shape index (κ2) is 3.54. The number of nitrogens with zero attached hydrogens (tertiary/aromatic N) is 2. The number of imidazole rings is 1. The van der Waals surface area contributed by atoms with Crippen LogP contribution in [0.1, 0.15) is 45.1 Å². The van der Waals surface area contributed by atoms with Crippen molar-refractivity contribution in [3.8, 4) is 0 Å². The quantitative estimate of drug-likeness (QED) is 0.801. The van der Waals surface area contributed by atoms with Crippen molar-refractivity contribution in [2.75, 3.05) is 5.32 Å². The summed E-state index contributed by atoms with van der Waals surface area (Å²) in [6.07, 6.45) is 10.8. The zero-order valence-corrected chi connectivity index (χ0v) is 9.32. The first kappa shape index (κ1) is 9.25. The average molecular weight is 205 g/mol. The summed E-state index contributed by atoms with van der Waals surface area (Å²) in [6, 6.07) is 1.29. The van der Waals surface area contributed by atoms with Crippen LogP contribution in [0.15, 0.2) is 12.4 Å². The van der Waals surface area contributed by atoms with E-state index in [9.17, 15) is 0 Å². The lowest BCUT2D eigenvalue weighted by molar-refractivity contribution is 0.627. The molecule has 3 nitrogen and oxygen atoms in total. The van der Waals surface area contributed by atoms with E-state index in [1.54, 1.807) is 0 Å². The van der Waals surface area contributed by atoms with Crippen LogP contribution in [0, 0.1) is 5.92 Å². The molecule has 1 heterocycles. The van der Waals surface area contributed by atoms with E-state index in [0.29, 0.717) is 6.04 Å². The second-order valence-corrected chi connectivity index (χ2v) is 5.11. The molecule has 0 spiro atoms. The summed E-state index contributed by atoms with van der Waals surface area (Å²) >= 11 is 0. The van der Waals surface area contributed by atoms with Gasteiger partial charge in [-0.1, -0.05) is 12.8 Å². The topological polar surface area (TPSA) is 29.9 Å². The lowest BCUT2D eigenvalue weighted by Crippen LogP contribution is -2.18. The van der Waals surface area contributed by atoms with Crippen molar-refractivity contribution >= 4 is 5.95 Å². The lowest BCUT2D eigenvalue weighted by atomic mass is 10.2. The molecule has 0 saturated heterocycles. The van der Waals surface area contributed by atoms with Gasteiger partial charge in [-0.3, -0.25) is 0 Å². The smallest absolute Gasteiger partial charge is 0.203 e. The third kappa shape index (κ3) is 2.16. The Hall–Kier alpha value is -0.990. The first-order valence-corrected chi connectivity index (χ1v) is 6.12. The Kier molecular flexibility index (Phi) is 2.19. The lowest BCUT2D eigenvalue weighted by Gasteiger charge is -2.15. The Morgan fingerprint density at radius 2 is 2.27 bits per heavy atom. The summed E-state index contributed by atoms with van der Waals surface area (Å²) < 4.78 is 2.30. The molecule has 0 amide bonds. The van der Waals surface area contributed by atoms with E-state index < -0.39 is 0 Å². The van der Waals surface area contributed by atoms with E-state index >= 15 is 0 Å². The number of hydrogen-bond acceptors (Lipinski definition) is 2. The molecule has 0 radical (unpaired) electrons. The maximum Gasteiger partial charge on any atom is 0.203 e. The minimum absolute atomic E-state index is 0.567. The monoisotopic (exact) mass is 205 g/mol. The van der Waals surface area contributed by atoms with Gasteiger partial charge in [-0.15, -0.1) is 0 Å². The molecule has 1 unspecified atom stereocenters. The van der Waals surface area contributed by atoms with Gasteiger partial charge in [0.25, 0.3) is 0 Å². The zero-order valence-electron chi connectivity index (χ0n) is 9.32. The van der Waals surface area contributed by atoms with Gasteiger partial charge in [0.1, 0.15) is 0 Å². The van der Waals surface area contributed by atoms with Crippen molar-refractivity contribution < 1.29 is 0 Å². The second-order valence-electron chi connectivity index (χ2n) is 5.11. The average Bonchev–Trinajstić information content (AvgIpc) is 3.10. The van der Waals surface area contributed by atoms with E-state index in [2.05, 4.69) is 28.0 Å². The molecule has 82 valence electrons. The van der Waals surface area contributed by atoms with E-state index in [1.807, 2.05) is 6.20 Å². The van der Waals surface area contributed by atoms with Crippen LogP contribution in [0.2, 0.25) is 0 Å². The van der Waals surface area contributed by atoms with Crippen molar-refractivity contribution in [2.45, 2.75) is 51.1 Å². The van der Waals surface area contributed by atoms with Gasteiger partial charge in [0, 0.05) is 24.5 Å². The summed E-state index contributed by atoms with van der Waals surface area (Å²) in [4.78, 5) is 4.40. The maximum absolute atomic E-state index is 4.40. The van der Waals surface area contributed by atoms with E-state index in [4.69, 9.17) is 0 Å². The number of anilines is 1. The Balaban J connectivity index is 1.61. The Bertz CT molecular complexity index is 336. The van der Waals surface area contributed by atoms with Crippen molar-refractivity contribution in [1.82, 2.24) is 9.55 Å². The SMILES string of the molecule is CC(CC1CC1)Nc1nccn1C1CC1. The molecule has 1 aromatic rings. The van der Waals surface area contributed by atoms with E-state index in [-0.39, 0.29) is 0 Å². The van der Waals surface area contributed by atoms with E-state index in [0.717, 1.165) is 17.9 Å². The third-order valence-electron chi connectivity index (χ3n) is 3.37. The van der Waals surface area contributed by atoms with E-state index in [1.165, 1.54) is 32.1 Å². The highest BCUT2D eigenvalue weighted by Crippen LogP contribution is 2.37. The van der Waals surface area contributed by atoms with Crippen LogP contribution in [0.3, 0.4) is 0 Å². The van der Waals surface area contributed by atoms with Crippen LogP contribution >= 0.6 is 0 Å². The summed E-state index contributed by atoms with van der Waals surface area (Å²) in [5, 5.41) is 3.54. The van der Waals surface area contributed by atoms with Crippen LogP contribution in [-0.4, -0.2) is 15.6 Å². The molecule has 0 bridgehead atoms. The normalized spacial score (nSPS) is 22.7. The zero-order chi connectivity index (χ0) is 10.3. The van der Waals surface area contributed by atoms with Gasteiger partial charge in [0.2, 0.25) is 5.95 Å². The molecule has 2 saturated carbocycles. The summed E-state index contributed by atoms with van der Waals surface area (Å²) in [5.74, 6) is 2.06. The first-order valence-electron chi connectivity index (χ1n) is 6.12. The molecule has 0 aliphatic heterocycles. The van der Waals surface area contributed by atoms with Gasteiger partial charge in [-0.05, 0) is 32.1 Å². The van der Waals surface area contributed by atoms with Crippen LogP contribution in [-0.2, 0) is 0 Å². The fourth-order valence-electron chi connectivity index (χ4n) is 2.21. The van der Waals surface area contributed by atoms with Gasteiger partial charge >= 0.3 is 0 Å². The number of hydrogen-bond donors (Lipinski definition) is 1. The van der Waals surface area contributed by atoms with Gasteiger partial charge in [0.05, 0.1) is 0 Å². The molecule has 15 heavy (non-hydrogen) atoms. The van der Waals surface area contributed by atoms with Crippen molar-refractivity contribution in [1.29, 1.82) is 0 Å². The molecule has 3 rings (SSSR count). The molecular weight excluding hydrogens is 186 g/mol. The predicted octanol–water partition coefficient (Wildman–Crippen LogP) is 2.82. The highest BCUT2D eigenvalue weighted by atomic mass is 15.2. The van der Waals surface area contributed by atoms with Crippen molar-refractivity contribution in [3.05, 3.63) is 12.4 Å². The van der Waals surface area contributed by atoms with Crippen LogP contribution in [0.4, 0.5) is 5.95 Å². The Labute approximate surface area is 90.9 Å². The largest absolute Gasteiger partial charge is 0.353 e. The molecular formula is C12H19N3. The first-order chi connectivity index (χ1) is 7.33. The van der Waals surface area contributed by atoms with Gasteiger partial charge < -0.3 is 9.88 Å². The molecule has 0 aromatic carbocycles. The summed E-state index contributed by atoms with van der Waals surface area (Å²) in [6.45, 7) is 2.27. The fourth-order valence-corrected chi connectivity index (χ4v) is 2.21. The number of rotatable bonds is 5. The summed E-state index contributed by atoms with van der Waals surface area (Å²) in [5.41, 5.74) is 0. The van der Waals surface area contributed by atoms with Crippen molar-refractivity contribution in [3.63, 3.8) is 0 Å². The molecule has 1 aromatic heterocycles. The Morgan fingerprint density at radius 1 is 1.47 bits per heavy atom. The van der Waals surface area contributed by atoms with Gasteiger partial charge in [-0.2, -0.15) is 0 Å².